The molecule has 9 heteroatoms. The van der Waals surface area contributed by atoms with Crippen molar-refractivity contribution in [2.45, 2.75) is 6.92 Å². The van der Waals surface area contributed by atoms with Crippen LogP contribution in [0.3, 0.4) is 0 Å². The van der Waals surface area contributed by atoms with Gasteiger partial charge in [0, 0.05) is 0 Å². The third kappa shape index (κ3) is 8.03. The van der Waals surface area contributed by atoms with Crippen LogP contribution in [0, 0.1) is 0 Å². The summed E-state index contributed by atoms with van der Waals surface area (Å²) in [5, 5.41) is 2.70. The van der Waals surface area contributed by atoms with E-state index in [0.29, 0.717) is 11.5 Å². The molecule has 4 aromatic rings. The summed E-state index contributed by atoms with van der Waals surface area (Å²) in [6, 6.07) is 33.8. The highest BCUT2D eigenvalue weighted by molar-refractivity contribution is 7.53. The second-order valence-corrected chi connectivity index (χ2v) is 9.93. The average Bonchev–Trinajstić information content (AvgIpc) is 2.97. The van der Waals surface area contributed by atoms with Gasteiger partial charge in [-0.2, -0.15) is 0 Å². The highest BCUT2D eigenvalue weighted by Crippen LogP contribution is 2.47. The number of nitrogens with one attached hydrogen (secondary N) is 1. The van der Waals surface area contributed by atoms with Crippen molar-refractivity contribution in [3.05, 3.63) is 109 Å². The maximum absolute atomic E-state index is 13.4. The molecule has 0 aromatic heterocycles. The number of carbonyl (C=O) groups is 1. The Morgan fingerprint density at radius 3 is 1.50 bits per heavy atom. The molecule has 0 heterocycles. The van der Waals surface area contributed by atoms with Gasteiger partial charge in [-0.3, -0.25) is 14.7 Å². The molecule has 0 aliphatic heterocycles. The number of hydrogen-bond acceptors (Lipinski definition) is 8. The predicted molar refractivity (Wildman–Crippen MR) is 144 cm³/mol. The molecule has 0 fully saturated rings. The Balaban J connectivity index is 1.39. The summed E-state index contributed by atoms with van der Waals surface area (Å²) >= 11 is 0. The van der Waals surface area contributed by atoms with Gasteiger partial charge in [0.25, 0.3) is 0 Å². The molecule has 0 saturated carbocycles. The summed E-state index contributed by atoms with van der Waals surface area (Å²) in [7, 11) is -4.03. The molecule has 0 amide bonds. The zero-order valence-electron chi connectivity index (χ0n) is 20.8. The molecular weight excluding hydrogens is 505 g/mol. The van der Waals surface area contributed by atoms with E-state index in [1.807, 2.05) is 84.9 Å². The Morgan fingerprint density at radius 2 is 1.08 bits per heavy atom. The fourth-order valence-corrected chi connectivity index (χ4v) is 4.35. The van der Waals surface area contributed by atoms with Crippen LogP contribution in [0.2, 0.25) is 0 Å². The van der Waals surface area contributed by atoms with Gasteiger partial charge in [0.15, 0.2) is 11.5 Å². The monoisotopic (exact) mass is 533 g/mol. The second kappa shape index (κ2) is 13.6. The van der Waals surface area contributed by atoms with E-state index in [1.54, 1.807) is 31.2 Å². The maximum atomic E-state index is 13.4. The van der Waals surface area contributed by atoms with E-state index in [4.69, 9.17) is 23.9 Å². The van der Waals surface area contributed by atoms with Crippen LogP contribution in [0.1, 0.15) is 6.92 Å². The lowest BCUT2D eigenvalue weighted by Crippen LogP contribution is -2.27. The van der Waals surface area contributed by atoms with Crippen molar-refractivity contribution in [2.24, 2.45) is 0 Å². The molecule has 0 unspecified atom stereocenters. The summed E-state index contributed by atoms with van der Waals surface area (Å²) in [4.78, 5) is 22.3. The summed E-state index contributed by atoms with van der Waals surface area (Å²) in [6.45, 7) is 1.74. The number of ether oxygens (including phenoxy) is 1. The van der Waals surface area contributed by atoms with E-state index < -0.39 is 13.6 Å². The summed E-state index contributed by atoms with van der Waals surface area (Å²) in [5.74, 6) is 0.117. The van der Waals surface area contributed by atoms with Gasteiger partial charge in [-0.15, -0.1) is 0 Å². The minimum Gasteiger partial charge on any atom is -0.465 e. The SMILES string of the molecule is CCOC(=O)CNCP(=O)(OOc1ccc(-c2ccccc2)cc1)OOc1ccc(-c2ccccc2)cc1. The van der Waals surface area contributed by atoms with Gasteiger partial charge in [-0.25, -0.2) is 0 Å². The molecule has 0 saturated heterocycles. The van der Waals surface area contributed by atoms with E-state index in [2.05, 4.69) is 5.32 Å². The molecule has 0 atom stereocenters. The topological polar surface area (TPSA) is 92.3 Å². The quantitative estimate of drug-likeness (QED) is 0.0885. The van der Waals surface area contributed by atoms with Crippen LogP contribution in [-0.4, -0.2) is 25.4 Å². The Morgan fingerprint density at radius 1 is 0.658 bits per heavy atom. The summed E-state index contributed by atoms with van der Waals surface area (Å²) in [5.41, 5.74) is 4.05. The van der Waals surface area contributed by atoms with Gasteiger partial charge in [0.05, 0.1) is 13.2 Å². The van der Waals surface area contributed by atoms with Crippen LogP contribution in [-0.2, 0) is 23.4 Å². The van der Waals surface area contributed by atoms with Crippen molar-refractivity contribution in [3.63, 3.8) is 0 Å². The number of esters is 1. The van der Waals surface area contributed by atoms with Crippen molar-refractivity contribution in [3.8, 4) is 33.8 Å². The van der Waals surface area contributed by atoms with Crippen molar-refractivity contribution in [1.82, 2.24) is 5.32 Å². The first kappa shape index (κ1) is 27.1. The predicted octanol–water partition coefficient (Wildman–Crippen LogP) is 6.64. The smallest absolute Gasteiger partial charge is 0.418 e. The lowest BCUT2D eigenvalue weighted by molar-refractivity contribution is -0.171. The van der Waals surface area contributed by atoms with Gasteiger partial charge >= 0.3 is 13.6 Å². The Kier molecular flexibility index (Phi) is 9.67. The Labute approximate surface area is 221 Å². The van der Waals surface area contributed by atoms with Gasteiger partial charge in [0.2, 0.25) is 0 Å². The number of benzene rings is 4. The minimum atomic E-state index is -4.03. The largest absolute Gasteiger partial charge is 0.465 e. The first-order valence-corrected chi connectivity index (χ1v) is 13.8. The van der Waals surface area contributed by atoms with E-state index in [9.17, 15) is 9.36 Å². The average molecular weight is 534 g/mol. The zero-order valence-corrected chi connectivity index (χ0v) is 21.7. The van der Waals surface area contributed by atoms with Crippen molar-refractivity contribution < 1.29 is 33.2 Å². The highest BCUT2D eigenvalue weighted by Gasteiger charge is 2.30. The molecule has 196 valence electrons. The lowest BCUT2D eigenvalue weighted by atomic mass is 10.1. The normalized spacial score (nSPS) is 11.1. The molecule has 0 aliphatic carbocycles. The first-order chi connectivity index (χ1) is 18.5. The fourth-order valence-electron chi connectivity index (χ4n) is 3.44. The maximum Gasteiger partial charge on any atom is 0.418 e. The van der Waals surface area contributed by atoms with Crippen LogP contribution >= 0.6 is 7.60 Å². The third-order valence-corrected chi connectivity index (χ3v) is 6.51. The first-order valence-electron chi connectivity index (χ1n) is 12.0. The van der Waals surface area contributed by atoms with Crippen LogP contribution in [0.25, 0.3) is 22.3 Å². The molecule has 0 radical (unpaired) electrons. The van der Waals surface area contributed by atoms with Crippen LogP contribution in [0.4, 0.5) is 0 Å². The molecule has 1 N–H and O–H groups in total. The number of rotatable bonds is 13. The van der Waals surface area contributed by atoms with Crippen molar-refractivity contribution >= 4 is 13.6 Å². The molecule has 4 aromatic carbocycles. The van der Waals surface area contributed by atoms with E-state index >= 15 is 0 Å². The van der Waals surface area contributed by atoms with Crippen LogP contribution in [0.15, 0.2) is 109 Å². The van der Waals surface area contributed by atoms with E-state index in [1.165, 1.54) is 0 Å². The molecular formula is C29H28NO7P. The van der Waals surface area contributed by atoms with Gasteiger partial charge in [-0.05, 0) is 53.4 Å². The number of hydrogen-bond donors (Lipinski definition) is 1. The van der Waals surface area contributed by atoms with Gasteiger partial charge in [0.1, 0.15) is 6.29 Å². The second-order valence-electron chi connectivity index (χ2n) is 8.10. The standard InChI is InChI=1S/C29H28NO7P/c1-2-33-29(31)21-30-22-38(32,36-34-27-17-13-25(14-18-27)23-9-5-3-6-10-23)37-35-28-19-15-26(16-20-28)24-11-7-4-8-12-24/h3-20,30H,2,21-22H2,1H3. The summed E-state index contributed by atoms with van der Waals surface area (Å²) < 4.78 is 28.7. The third-order valence-electron chi connectivity index (χ3n) is 5.30. The number of carbonyl (C=O) groups excluding carboxylic acids is 1. The molecule has 0 aliphatic rings. The minimum absolute atomic E-state index is 0.192. The summed E-state index contributed by atoms with van der Waals surface area (Å²) in [6.07, 6.45) is -0.365. The molecule has 8 nitrogen and oxygen atoms in total. The molecule has 0 spiro atoms. The van der Waals surface area contributed by atoms with Crippen molar-refractivity contribution in [2.75, 3.05) is 19.4 Å². The zero-order chi connectivity index (χ0) is 26.6. The molecule has 38 heavy (non-hydrogen) atoms. The van der Waals surface area contributed by atoms with E-state index in [0.717, 1.165) is 22.3 Å². The lowest BCUT2D eigenvalue weighted by Gasteiger charge is -2.17. The Bertz CT molecular complexity index is 1240. The van der Waals surface area contributed by atoms with Crippen LogP contribution in [0.5, 0.6) is 11.5 Å². The highest BCUT2D eigenvalue weighted by atomic mass is 31.2. The van der Waals surface area contributed by atoms with Gasteiger partial charge in [-0.1, -0.05) is 94.3 Å². The Hall–Kier alpha value is -3.94. The molecule has 4 rings (SSSR count). The molecule has 0 bridgehead atoms. The van der Waals surface area contributed by atoms with Crippen LogP contribution < -0.4 is 15.1 Å². The van der Waals surface area contributed by atoms with E-state index in [-0.39, 0.29) is 19.4 Å². The van der Waals surface area contributed by atoms with Crippen molar-refractivity contribution in [1.29, 1.82) is 0 Å². The van der Waals surface area contributed by atoms with Gasteiger partial charge < -0.3 is 14.5 Å². The fraction of sp³-hybridized carbons (Fsp3) is 0.138.